The van der Waals surface area contributed by atoms with Crippen LogP contribution in [0.2, 0.25) is 0 Å². The highest BCUT2D eigenvalue weighted by Crippen LogP contribution is 2.38. The Hall–Kier alpha value is -2.50. The first-order valence-electron chi connectivity index (χ1n) is 9.61. The van der Waals surface area contributed by atoms with Crippen molar-refractivity contribution in [2.45, 2.75) is 50.0 Å². The Kier molecular flexibility index (Phi) is 5.07. The SMILES string of the molecule is CCN1c2ccc(S(=O)(=O)NC3(CF)CC3)cc2C(=O)N(Cc2cc(C)no2)C1O. The number of benzene rings is 1. The first-order valence-corrected chi connectivity index (χ1v) is 11.1. The third-order valence-electron chi connectivity index (χ3n) is 5.44. The molecule has 0 spiro atoms. The highest BCUT2D eigenvalue weighted by atomic mass is 32.2. The molecule has 0 saturated heterocycles. The number of halogens is 1. The second-order valence-corrected chi connectivity index (χ2v) is 9.38. The maximum absolute atomic E-state index is 13.2. The monoisotopic (exact) mass is 438 g/mol. The van der Waals surface area contributed by atoms with E-state index in [1.807, 2.05) is 6.92 Å². The fraction of sp³-hybridized carbons (Fsp3) is 0.474. The van der Waals surface area contributed by atoms with Gasteiger partial charge in [0.2, 0.25) is 16.4 Å². The van der Waals surface area contributed by atoms with Crippen molar-refractivity contribution >= 4 is 21.6 Å². The lowest BCUT2D eigenvalue weighted by Crippen LogP contribution is -2.54. The fourth-order valence-electron chi connectivity index (χ4n) is 3.56. The molecule has 1 aliphatic carbocycles. The van der Waals surface area contributed by atoms with E-state index in [9.17, 15) is 22.7 Å². The number of nitrogens with one attached hydrogen (secondary N) is 1. The number of aromatic nitrogens is 1. The summed E-state index contributed by atoms with van der Waals surface area (Å²) >= 11 is 0. The summed E-state index contributed by atoms with van der Waals surface area (Å²) in [4.78, 5) is 15.8. The lowest BCUT2D eigenvalue weighted by molar-refractivity contribution is -0.00507. The van der Waals surface area contributed by atoms with Crippen LogP contribution in [-0.2, 0) is 16.6 Å². The third kappa shape index (κ3) is 3.57. The molecule has 1 aromatic carbocycles. The van der Waals surface area contributed by atoms with E-state index < -0.39 is 34.5 Å². The summed E-state index contributed by atoms with van der Waals surface area (Å²) in [6, 6.07) is 5.76. The molecule has 2 aromatic rings. The van der Waals surface area contributed by atoms with Gasteiger partial charge >= 0.3 is 0 Å². The van der Waals surface area contributed by atoms with E-state index in [0.29, 0.717) is 36.5 Å². The van der Waals surface area contributed by atoms with Crippen LogP contribution in [0.4, 0.5) is 10.1 Å². The number of fused-ring (bicyclic) bond motifs is 1. The highest BCUT2D eigenvalue weighted by Gasteiger charge is 2.46. The minimum atomic E-state index is -4.01. The Morgan fingerprint density at radius 2 is 2.07 bits per heavy atom. The average Bonchev–Trinajstić information content (AvgIpc) is 3.36. The molecule has 1 saturated carbocycles. The smallest absolute Gasteiger partial charge is 0.259 e. The lowest BCUT2D eigenvalue weighted by atomic mass is 10.1. The number of amides is 1. The van der Waals surface area contributed by atoms with E-state index >= 15 is 0 Å². The summed E-state index contributed by atoms with van der Waals surface area (Å²) in [5.74, 6) is -0.150. The Morgan fingerprint density at radius 3 is 2.63 bits per heavy atom. The van der Waals surface area contributed by atoms with Crippen LogP contribution < -0.4 is 9.62 Å². The van der Waals surface area contributed by atoms with Crippen LogP contribution in [0.25, 0.3) is 0 Å². The van der Waals surface area contributed by atoms with Crippen LogP contribution in [0.5, 0.6) is 0 Å². The number of aliphatic hydroxyl groups is 1. The molecule has 2 N–H and O–H groups in total. The van der Waals surface area contributed by atoms with Crippen molar-refractivity contribution in [3.05, 3.63) is 41.3 Å². The molecule has 2 aliphatic rings. The predicted octanol–water partition coefficient (Wildman–Crippen LogP) is 1.52. The normalized spacial score (nSPS) is 20.4. The molecule has 1 atom stereocenters. The number of rotatable bonds is 7. The van der Waals surface area contributed by atoms with Gasteiger partial charge < -0.3 is 14.5 Å². The molecule has 1 aliphatic heterocycles. The van der Waals surface area contributed by atoms with E-state index in [0.717, 1.165) is 0 Å². The highest BCUT2D eigenvalue weighted by molar-refractivity contribution is 7.89. The molecule has 2 heterocycles. The van der Waals surface area contributed by atoms with Crippen molar-refractivity contribution in [1.29, 1.82) is 0 Å². The second-order valence-electron chi connectivity index (χ2n) is 7.70. The Labute approximate surface area is 173 Å². The number of nitrogens with zero attached hydrogens (tertiary/aromatic N) is 3. The van der Waals surface area contributed by atoms with Crippen LogP contribution in [-0.4, -0.2) is 54.6 Å². The van der Waals surface area contributed by atoms with Crippen LogP contribution in [0.3, 0.4) is 0 Å². The molecular formula is C19H23FN4O5S. The maximum atomic E-state index is 13.2. The van der Waals surface area contributed by atoms with Crippen LogP contribution in [0, 0.1) is 6.92 Å². The molecule has 1 unspecified atom stereocenters. The third-order valence-corrected chi connectivity index (χ3v) is 7.02. The first kappa shape index (κ1) is 20.8. The topological polar surface area (TPSA) is 116 Å². The number of carbonyl (C=O) groups is 1. The molecule has 162 valence electrons. The zero-order valence-corrected chi connectivity index (χ0v) is 17.4. The maximum Gasteiger partial charge on any atom is 0.259 e. The molecule has 0 bridgehead atoms. The summed E-state index contributed by atoms with van der Waals surface area (Å²) in [6.07, 6.45) is -0.373. The van der Waals surface area contributed by atoms with Gasteiger partial charge in [0, 0.05) is 12.6 Å². The van der Waals surface area contributed by atoms with Gasteiger partial charge in [0.25, 0.3) is 5.91 Å². The zero-order valence-electron chi connectivity index (χ0n) is 16.6. The largest absolute Gasteiger partial charge is 0.359 e. The summed E-state index contributed by atoms with van der Waals surface area (Å²) < 4.78 is 46.2. The Morgan fingerprint density at radius 1 is 1.33 bits per heavy atom. The predicted molar refractivity (Wildman–Crippen MR) is 105 cm³/mol. The quantitative estimate of drug-likeness (QED) is 0.673. The van der Waals surface area contributed by atoms with Gasteiger partial charge in [-0.25, -0.2) is 17.5 Å². The van der Waals surface area contributed by atoms with Crippen molar-refractivity contribution in [3.8, 4) is 0 Å². The number of sulfonamides is 1. The minimum absolute atomic E-state index is 0.0308. The van der Waals surface area contributed by atoms with Gasteiger partial charge in [-0.15, -0.1) is 0 Å². The molecule has 1 aromatic heterocycles. The number of aliphatic hydroxyl groups excluding tert-OH is 1. The first-order chi connectivity index (χ1) is 14.2. The van der Waals surface area contributed by atoms with Gasteiger partial charge in [-0.05, 0) is 44.9 Å². The van der Waals surface area contributed by atoms with E-state index in [1.165, 1.54) is 23.1 Å². The summed E-state index contributed by atoms with van der Waals surface area (Å²) in [5, 5.41) is 14.5. The fourth-order valence-corrected chi connectivity index (χ4v) is 5.03. The molecule has 9 nitrogen and oxygen atoms in total. The van der Waals surface area contributed by atoms with Crippen LogP contribution >= 0.6 is 0 Å². The van der Waals surface area contributed by atoms with Crippen molar-refractivity contribution < 1.29 is 27.2 Å². The van der Waals surface area contributed by atoms with Gasteiger partial charge in [-0.1, -0.05) is 5.16 Å². The molecule has 1 fully saturated rings. The van der Waals surface area contributed by atoms with Crippen molar-refractivity contribution in [2.75, 3.05) is 18.1 Å². The number of anilines is 1. The van der Waals surface area contributed by atoms with Gasteiger partial charge in [0.15, 0.2) is 5.76 Å². The van der Waals surface area contributed by atoms with E-state index in [4.69, 9.17) is 4.52 Å². The molecule has 11 heteroatoms. The number of carbonyl (C=O) groups excluding carboxylic acids is 1. The van der Waals surface area contributed by atoms with Gasteiger partial charge in [-0.2, -0.15) is 0 Å². The summed E-state index contributed by atoms with van der Waals surface area (Å²) in [7, 11) is -4.01. The van der Waals surface area contributed by atoms with Crippen molar-refractivity contribution in [3.63, 3.8) is 0 Å². The van der Waals surface area contributed by atoms with Crippen molar-refractivity contribution in [2.24, 2.45) is 0 Å². The number of alkyl halides is 1. The van der Waals surface area contributed by atoms with Gasteiger partial charge in [0.05, 0.1) is 33.9 Å². The molecule has 4 rings (SSSR count). The van der Waals surface area contributed by atoms with E-state index in [-0.39, 0.29) is 17.0 Å². The van der Waals surface area contributed by atoms with Crippen LogP contribution in [0.15, 0.2) is 33.7 Å². The standard InChI is InChI=1S/C19H23FN4O5S/c1-3-23-16-5-4-14(30(27,28)22-19(11-20)6-7-19)9-15(16)17(25)24(18(23)26)10-13-8-12(2)21-29-13/h4-5,8-9,18,22,26H,3,6-7,10-11H2,1-2H3. The Bertz CT molecular complexity index is 1080. The zero-order chi connectivity index (χ0) is 21.7. The number of hydrogen-bond donors (Lipinski definition) is 2. The molecule has 30 heavy (non-hydrogen) atoms. The molecule has 1 amide bonds. The Balaban J connectivity index is 1.69. The number of hydrogen-bond acceptors (Lipinski definition) is 7. The number of aryl methyl sites for hydroxylation is 1. The summed E-state index contributed by atoms with van der Waals surface area (Å²) in [6.45, 7) is 3.11. The van der Waals surface area contributed by atoms with Crippen molar-refractivity contribution in [1.82, 2.24) is 14.8 Å². The van der Waals surface area contributed by atoms with E-state index in [2.05, 4.69) is 9.88 Å². The lowest BCUT2D eigenvalue weighted by Gasteiger charge is -2.41. The molecular weight excluding hydrogens is 415 g/mol. The minimum Gasteiger partial charge on any atom is -0.359 e. The second kappa shape index (κ2) is 7.33. The van der Waals surface area contributed by atoms with Gasteiger partial charge in [-0.3, -0.25) is 9.69 Å². The van der Waals surface area contributed by atoms with E-state index in [1.54, 1.807) is 17.9 Å². The van der Waals surface area contributed by atoms with Crippen LogP contribution in [0.1, 0.15) is 41.6 Å². The summed E-state index contributed by atoms with van der Waals surface area (Å²) in [5.41, 5.74) is 0.149. The average molecular weight is 438 g/mol. The van der Waals surface area contributed by atoms with Gasteiger partial charge in [0.1, 0.15) is 6.67 Å². The molecule has 0 radical (unpaired) electrons.